The Morgan fingerprint density at radius 2 is 2.04 bits per heavy atom. The van der Waals surface area contributed by atoms with Crippen LogP contribution in [0, 0.1) is 6.92 Å². The van der Waals surface area contributed by atoms with E-state index in [0.717, 1.165) is 28.9 Å². The SMILES string of the molecule is Cc1nc(-c2noc3ccc(C(=O)NC4CCCCCC4)cc23)cs1. The Morgan fingerprint density at radius 1 is 1.24 bits per heavy atom. The lowest BCUT2D eigenvalue weighted by atomic mass is 10.1. The zero-order valence-electron chi connectivity index (χ0n) is 14.2. The van der Waals surface area contributed by atoms with Gasteiger partial charge < -0.3 is 9.84 Å². The van der Waals surface area contributed by atoms with Crippen molar-refractivity contribution in [3.8, 4) is 11.4 Å². The number of carbonyl (C=O) groups excluding carboxylic acids is 1. The van der Waals surface area contributed by atoms with Crippen LogP contribution in [0.2, 0.25) is 0 Å². The van der Waals surface area contributed by atoms with E-state index < -0.39 is 0 Å². The van der Waals surface area contributed by atoms with Gasteiger partial charge in [-0.1, -0.05) is 30.8 Å². The first-order valence-corrected chi connectivity index (χ1v) is 9.71. The van der Waals surface area contributed by atoms with E-state index in [0.29, 0.717) is 16.8 Å². The average molecular weight is 355 g/mol. The molecular weight excluding hydrogens is 334 g/mol. The second kappa shape index (κ2) is 6.96. The lowest BCUT2D eigenvalue weighted by molar-refractivity contribution is 0.0933. The van der Waals surface area contributed by atoms with E-state index >= 15 is 0 Å². The summed E-state index contributed by atoms with van der Waals surface area (Å²) < 4.78 is 5.40. The molecule has 130 valence electrons. The number of aromatic nitrogens is 2. The monoisotopic (exact) mass is 355 g/mol. The standard InChI is InChI=1S/C19H21N3O2S/c1-12-20-16(11-25-12)18-15-10-13(8-9-17(15)24-22-18)19(23)21-14-6-4-2-3-5-7-14/h8-11,14H,2-7H2,1H3,(H,21,23). The lowest BCUT2D eigenvalue weighted by Gasteiger charge is -2.16. The summed E-state index contributed by atoms with van der Waals surface area (Å²) in [6, 6.07) is 5.76. The fourth-order valence-electron chi connectivity index (χ4n) is 3.43. The second-order valence-electron chi connectivity index (χ2n) is 6.66. The van der Waals surface area contributed by atoms with Gasteiger partial charge in [0.15, 0.2) is 5.58 Å². The molecule has 0 radical (unpaired) electrons. The molecule has 0 unspecified atom stereocenters. The van der Waals surface area contributed by atoms with E-state index in [2.05, 4.69) is 15.5 Å². The number of amides is 1. The Balaban J connectivity index is 1.60. The van der Waals surface area contributed by atoms with Crippen LogP contribution in [-0.4, -0.2) is 22.1 Å². The van der Waals surface area contributed by atoms with Crippen LogP contribution in [0.15, 0.2) is 28.1 Å². The van der Waals surface area contributed by atoms with Crippen molar-refractivity contribution in [3.05, 3.63) is 34.2 Å². The third kappa shape index (κ3) is 3.44. The zero-order valence-corrected chi connectivity index (χ0v) is 15.1. The minimum absolute atomic E-state index is 0.0181. The number of fused-ring (bicyclic) bond motifs is 1. The topological polar surface area (TPSA) is 68.0 Å². The maximum absolute atomic E-state index is 12.7. The maximum Gasteiger partial charge on any atom is 0.251 e. The van der Waals surface area contributed by atoms with Gasteiger partial charge in [-0.3, -0.25) is 4.79 Å². The predicted molar refractivity (Wildman–Crippen MR) is 98.8 cm³/mol. The number of benzene rings is 1. The number of thiazole rings is 1. The first-order chi connectivity index (χ1) is 12.2. The van der Waals surface area contributed by atoms with Crippen molar-refractivity contribution >= 4 is 28.2 Å². The smallest absolute Gasteiger partial charge is 0.251 e. The van der Waals surface area contributed by atoms with E-state index in [1.807, 2.05) is 24.4 Å². The van der Waals surface area contributed by atoms with Gasteiger partial charge in [0.25, 0.3) is 5.91 Å². The van der Waals surface area contributed by atoms with Crippen LogP contribution in [0.25, 0.3) is 22.4 Å². The first kappa shape index (κ1) is 16.3. The molecule has 0 saturated heterocycles. The Hall–Kier alpha value is -2.21. The van der Waals surface area contributed by atoms with Gasteiger partial charge in [-0.15, -0.1) is 11.3 Å². The van der Waals surface area contributed by atoms with E-state index in [9.17, 15) is 4.79 Å². The summed E-state index contributed by atoms with van der Waals surface area (Å²) in [7, 11) is 0. The third-order valence-electron chi connectivity index (χ3n) is 4.78. The molecule has 1 saturated carbocycles. The van der Waals surface area contributed by atoms with Crippen LogP contribution in [0.5, 0.6) is 0 Å². The van der Waals surface area contributed by atoms with E-state index in [1.54, 1.807) is 17.4 Å². The van der Waals surface area contributed by atoms with Crippen LogP contribution in [0.1, 0.15) is 53.9 Å². The normalized spacial score (nSPS) is 16.0. The van der Waals surface area contributed by atoms with Gasteiger partial charge in [-0.2, -0.15) is 0 Å². The summed E-state index contributed by atoms with van der Waals surface area (Å²) in [6.07, 6.45) is 7.09. The number of aryl methyl sites for hydroxylation is 1. The number of rotatable bonds is 3. The second-order valence-corrected chi connectivity index (χ2v) is 7.72. The van der Waals surface area contributed by atoms with Gasteiger partial charge in [-0.25, -0.2) is 4.98 Å². The Morgan fingerprint density at radius 3 is 2.76 bits per heavy atom. The van der Waals surface area contributed by atoms with Crippen molar-refractivity contribution in [3.63, 3.8) is 0 Å². The van der Waals surface area contributed by atoms with Crippen molar-refractivity contribution in [2.24, 2.45) is 0 Å². The number of hydrogen-bond donors (Lipinski definition) is 1. The average Bonchev–Trinajstić information content (AvgIpc) is 3.13. The van der Waals surface area contributed by atoms with Crippen LogP contribution in [0.4, 0.5) is 0 Å². The molecule has 0 bridgehead atoms. The summed E-state index contributed by atoms with van der Waals surface area (Å²) in [4.78, 5) is 17.1. The van der Waals surface area contributed by atoms with E-state index in [4.69, 9.17) is 4.52 Å². The van der Waals surface area contributed by atoms with E-state index in [1.165, 1.54) is 25.7 Å². The van der Waals surface area contributed by atoms with Crippen molar-refractivity contribution in [1.29, 1.82) is 0 Å². The molecule has 1 N–H and O–H groups in total. The third-order valence-corrected chi connectivity index (χ3v) is 5.56. The summed E-state index contributed by atoms with van der Waals surface area (Å²) in [6.45, 7) is 1.96. The minimum atomic E-state index is -0.0181. The fraction of sp³-hybridized carbons (Fsp3) is 0.421. The summed E-state index contributed by atoms with van der Waals surface area (Å²) in [5.41, 5.74) is 2.81. The molecule has 1 aliphatic rings. The minimum Gasteiger partial charge on any atom is -0.356 e. The molecule has 6 heteroatoms. The van der Waals surface area contributed by atoms with Gasteiger partial charge >= 0.3 is 0 Å². The van der Waals surface area contributed by atoms with Gasteiger partial charge in [0, 0.05) is 17.0 Å². The number of nitrogens with one attached hydrogen (secondary N) is 1. The molecule has 1 fully saturated rings. The van der Waals surface area contributed by atoms with Crippen molar-refractivity contribution < 1.29 is 9.32 Å². The number of carbonyl (C=O) groups is 1. The summed E-state index contributed by atoms with van der Waals surface area (Å²) in [5.74, 6) is -0.0181. The Bertz CT molecular complexity index is 891. The summed E-state index contributed by atoms with van der Waals surface area (Å²) >= 11 is 1.57. The quantitative estimate of drug-likeness (QED) is 0.691. The van der Waals surface area contributed by atoms with E-state index in [-0.39, 0.29) is 11.9 Å². The highest BCUT2D eigenvalue weighted by atomic mass is 32.1. The highest BCUT2D eigenvalue weighted by Gasteiger charge is 2.18. The molecule has 0 aliphatic heterocycles. The molecule has 2 aromatic heterocycles. The molecule has 1 amide bonds. The molecule has 1 aromatic carbocycles. The first-order valence-electron chi connectivity index (χ1n) is 8.83. The van der Waals surface area contributed by atoms with Gasteiger partial charge in [-0.05, 0) is 38.0 Å². The fourth-order valence-corrected chi connectivity index (χ4v) is 4.03. The molecule has 5 nitrogen and oxygen atoms in total. The highest BCUT2D eigenvalue weighted by molar-refractivity contribution is 7.09. The van der Waals surface area contributed by atoms with Gasteiger partial charge in [0.05, 0.1) is 10.4 Å². The molecule has 2 heterocycles. The number of nitrogens with zero attached hydrogens (tertiary/aromatic N) is 2. The van der Waals surface area contributed by atoms with Gasteiger partial charge in [0.1, 0.15) is 11.4 Å². The summed E-state index contributed by atoms with van der Waals surface area (Å²) in [5, 5.41) is 11.1. The molecule has 1 aliphatic carbocycles. The molecule has 0 spiro atoms. The maximum atomic E-state index is 12.7. The molecule has 3 aromatic rings. The van der Waals surface area contributed by atoms with Crippen LogP contribution < -0.4 is 5.32 Å². The van der Waals surface area contributed by atoms with Crippen LogP contribution >= 0.6 is 11.3 Å². The van der Waals surface area contributed by atoms with Crippen LogP contribution in [0.3, 0.4) is 0 Å². The van der Waals surface area contributed by atoms with Gasteiger partial charge in [0.2, 0.25) is 0 Å². The Labute approximate surface area is 150 Å². The Kier molecular flexibility index (Phi) is 4.53. The van der Waals surface area contributed by atoms with Crippen molar-refractivity contribution in [1.82, 2.24) is 15.5 Å². The largest absolute Gasteiger partial charge is 0.356 e. The predicted octanol–water partition coefficient (Wildman–Crippen LogP) is 4.71. The number of hydrogen-bond acceptors (Lipinski definition) is 5. The molecule has 4 rings (SSSR count). The lowest BCUT2D eigenvalue weighted by Crippen LogP contribution is -2.34. The zero-order chi connectivity index (χ0) is 17.2. The molecule has 25 heavy (non-hydrogen) atoms. The van der Waals surface area contributed by atoms with Crippen LogP contribution in [-0.2, 0) is 0 Å². The molecular formula is C19H21N3O2S. The van der Waals surface area contributed by atoms with Crippen molar-refractivity contribution in [2.45, 2.75) is 51.5 Å². The van der Waals surface area contributed by atoms with Crippen molar-refractivity contribution in [2.75, 3.05) is 0 Å². The molecule has 0 atom stereocenters. The highest BCUT2D eigenvalue weighted by Crippen LogP contribution is 2.29.